The molecule has 3 N–H and O–H groups in total. The van der Waals surface area contributed by atoms with Gasteiger partial charge in [-0.1, -0.05) is 28.1 Å². The zero-order chi connectivity index (χ0) is 12.7. The quantitative estimate of drug-likeness (QED) is 0.633. The molecule has 0 aliphatic carbocycles. The summed E-state index contributed by atoms with van der Waals surface area (Å²) in [6.45, 7) is 0. The lowest BCUT2D eigenvalue weighted by molar-refractivity contribution is 1.07. The van der Waals surface area contributed by atoms with Crippen molar-refractivity contribution in [3.05, 3.63) is 49.6 Å². The molecule has 0 saturated carbocycles. The van der Waals surface area contributed by atoms with Crippen LogP contribution in [0.4, 0.5) is 0 Å². The van der Waals surface area contributed by atoms with E-state index in [9.17, 15) is 9.59 Å². The van der Waals surface area contributed by atoms with E-state index in [0.29, 0.717) is 5.82 Å². The summed E-state index contributed by atoms with van der Waals surface area (Å²) in [5.41, 5.74) is 0.270. The Morgan fingerprint density at radius 3 is 2.72 bits per heavy atom. The average Bonchev–Trinajstić information content (AvgIpc) is 2.73. The molecule has 3 aromatic rings. The number of aromatic amines is 3. The van der Waals surface area contributed by atoms with Crippen LogP contribution in [0.3, 0.4) is 0 Å². The number of nitrogens with zero attached hydrogens (tertiary/aromatic N) is 1. The lowest BCUT2D eigenvalue weighted by Gasteiger charge is -1.96. The number of rotatable bonds is 1. The lowest BCUT2D eigenvalue weighted by Crippen LogP contribution is -2.21. The number of aromatic nitrogens is 4. The summed E-state index contributed by atoms with van der Waals surface area (Å²) in [4.78, 5) is 34.4. The van der Waals surface area contributed by atoms with Gasteiger partial charge in [-0.15, -0.1) is 0 Å². The van der Waals surface area contributed by atoms with Crippen molar-refractivity contribution in [3.8, 4) is 11.4 Å². The second kappa shape index (κ2) is 3.95. The van der Waals surface area contributed by atoms with Crippen LogP contribution in [-0.2, 0) is 0 Å². The number of halogens is 1. The summed E-state index contributed by atoms with van der Waals surface area (Å²) in [5, 5.41) is 0. The highest BCUT2D eigenvalue weighted by molar-refractivity contribution is 9.10. The predicted octanol–water partition coefficient (Wildman–Crippen LogP) is 1.37. The Labute approximate surface area is 108 Å². The summed E-state index contributed by atoms with van der Waals surface area (Å²) >= 11 is 3.36. The third kappa shape index (κ3) is 1.78. The molecule has 2 aromatic heterocycles. The molecular formula is C11H7BrN4O2. The molecule has 6 nitrogen and oxygen atoms in total. The third-order valence-electron chi connectivity index (χ3n) is 2.49. The standard InChI is InChI=1S/C11H7BrN4O2/c12-6-3-1-2-5(4-6)8-13-7-9(14-8)15-11(18)16-10(7)17/h1-4H,(H3,13,14,15,16,17,18). The fraction of sp³-hybridized carbons (Fsp3) is 0. The number of fused-ring (bicyclic) bond motifs is 1. The molecule has 0 radical (unpaired) electrons. The van der Waals surface area contributed by atoms with E-state index in [-0.39, 0.29) is 11.2 Å². The van der Waals surface area contributed by atoms with Crippen LogP contribution in [0.25, 0.3) is 22.6 Å². The number of nitrogens with one attached hydrogen (secondary N) is 3. The first-order valence-corrected chi connectivity index (χ1v) is 5.91. The second-order valence-electron chi connectivity index (χ2n) is 3.73. The van der Waals surface area contributed by atoms with Gasteiger partial charge in [0.15, 0.2) is 5.65 Å². The number of H-pyrrole nitrogens is 3. The van der Waals surface area contributed by atoms with Gasteiger partial charge in [-0.25, -0.2) is 9.78 Å². The molecule has 0 atom stereocenters. The van der Waals surface area contributed by atoms with Crippen molar-refractivity contribution >= 4 is 27.1 Å². The molecular weight excluding hydrogens is 300 g/mol. The monoisotopic (exact) mass is 306 g/mol. The maximum absolute atomic E-state index is 11.6. The van der Waals surface area contributed by atoms with Gasteiger partial charge in [-0.2, -0.15) is 0 Å². The van der Waals surface area contributed by atoms with Crippen LogP contribution in [0.1, 0.15) is 0 Å². The molecule has 0 amide bonds. The molecule has 0 saturated heterocycles. The van der Waals surface area contributed by atoms with Crippen molar-refractivity contribution in [1.82, 2.24) is 19.9 Å². The van der Waals surface area contributed by atoms with Crippen LogP contribution in [0.15, 0.2) is 38.3 Å². The molecule has 0 unspecified atom stereocenters. The molecule has 90 valence electrons. The van der Waals surface area contributed by atoms with Crippen molar-refractivity contribution in [3.63, 3.8) is 0 Å². The Morgan fingerprint density at radius 1 is 1.11 bits per heavy atom. The molecule has 1 aromatic carbocycles. The Kier molecular flexibility index (Phi) is 2.41. The minimum Gasteiger partial charge on any atom is -0.332 e. The zero-order valence-electron chi connectivity index (χ0n) is 8.95. The van der Waals surface area contributed by atoms with Gasteiger partial charge in [-0.05, 0) is 12.1 Å². The molecule has 0 fully saturated rings. The molecule has 0 aliphatic rings. The summed E-state index contributed by atoms with van der Waals surface area (Å²) in [6.07, 6.45) is 0. The van der Waals surface area contributed by atoms with Crippen LogP contribution in [0.2, 0.25) is 0 Å². The zero-order valence-corrected chi connectivity index (χ0v) is 10.5. The fourth-order valence-electron chi connectivity index (χ4n) is 1.70. The van der Waals surface area contributed by atoms with Crippen molar-refractivity contribution in [2.75, 3.05) is 0 Å². The van der Waals surface area contributed by atoms with Gasteiger partial charge in [0.1, 0.15) is 11.3 Å². The summed E-state index contributed by atoms with van der Waals surface area (Å²) in [7, 11) is 0. The molecule has 3 rings (SSSR count). The highest BCUT2D eigenvalue weighted by atomic mass is 79.9. The number of benzene rings is 1. The SMILES string of the molecule is O=c1[nH]c(=O)c2[nH]c(-c3cccc(Br)c3)nc2[nH]1. The van der Waals surface area contributed by atoms with Crippen LogP contribution in [0.5, 0.6) is 0 Å². The van der Waals surface area contributed by atoms with Gasteiger partial charge in [0.2, 0.25) is 0 Å². The van der Waals surface area contributed by atoms with Crippen molar-refractivity contribution in [1.29, 1.82) is 0 Å². The lowest BCUT2D eigenvalue weighted by atomic mass is 10.2. The topological polar surface area (TPSA) is 94.4 Å². The van der Waals surface area contributed by atoms with E-state index in [2.05, 4.69) is 35.9 Å². The van der Waals surface area contributed by atoms with E-state index >= 15 is 0 Å². The Hall–Kier alpha value is -2.15. The minimum absolute atomic E-state index is 0.249. The first-order valence-electron chi connectivity index (χ1n) is 5.12. The second-order valence-corrected chi connectivity index (χ2v) is 4.64. The molecule has 2 heterocycles. The third-order valence-corrected chi connectivity index (χ3v) is 2.98. The van der Waals surface area contributed by atoms with Crippen LogP contribution < -0.4 is 11.2 Å². The van der Waals surface area contributed by atoms with E-state index in [1.165, 1.54) is 0 Å². The first kappa shape index (κ1) is 11.0. The van der Waals surface area contributed by atoms with Crippen LogP contribution in [0, 0.1) is 0 Å². The summed E-state index contributed by atoms with van der Waals surface area (Å²) < 4.78 is 0.905. The Bertz CT molecular complexity index is 846. The highest BCUT2D eigenvalue weighted by Crippen LogP contribution is 2.21. The summed E-state index contributed by atoms with van der Waals surface area (Å²) in [6, 6.07) is 7.47. The van der Waals surface area contributed by atoms with E-state index in [0.717, 1.165) is 10.0 Å². The van der Waals surface area contributed by atoms with E-state index in [1.807, 2.05) is 24.3 Å². The van der Waals surface area contributed by atoms with Crippen LogP contribution >= 0.6 is 15.9 Å². The maximum atomic E-state index is 11.6. The molecule has 0 spiro atoms. The number of hydrogen-bond acceptors (Lipinski definition) is 3. The normalized spacial score (nSPS) is 10.9. The van der Waals surface area contributed by atoms with Gasteiger partial charge >= 0.3 is 5.69 Å². The van der Waals surface area contributed by atoms with Gasteiger partial charge < -0.3 is 4.98 Å². The molecule has 7 heteroatoms. The maximum Gasteiger partial charge on any atom is 0.327 e. The van der Waals surface area contributed by atoms with Gasteiger partial charge in [0.25, 0.3) is 5.56 Å². The van der Waals surface area contributed by atoms with Crippen molar-refractivity contribution in [2.24, 2.45) is 0 Å². The smallest absolute Gasteiger partial charge is 0.327 e. The van der Waals surface area contributed by atoms with Crippen molar-refractivity contribution < 1.29 is 0 Å². The predicted molar refractivity (Wildman–Crippen MR) is 70.5 cm³/mol. The minimum atomic E-state index is -0.570. The number of hydrogen-bond donors (Lipinski definition) is 3. The Balaban J connectivity index is 2.29. The van der Waals surface area contributed by atoms with E-state index < -0.39 is 11.2 Å². The largest absolute Gasteiger partial charge is 0.332 e. The fourth-order valence-corrected chi connectivity index (χ4v) is 2.10. The summed E-state index contributed by atoms with van der Waals surface area (Å²) in [5.74, 6) is 0.527. The molecule has 0 bridgehead atoms. The van der Waals surface area contributed by atoms with Gasteiger partial charge in [-0.3, -0.25) is 14.8 Å². The van der Waals surface area contributed by atoms with Gasteiger partial charge in [0, 0.05) is 10.0 Å². The average molecular weight is 307 g/mol. The Morgan fingerprint density at radius 2 is 1.94 bits per heavy atom. The number of imidazole rings is 1. The van der Waals surface area contributed by atoms with Crippen LogP contribution in [-0.4, -0.2) is 19.9 Å². The molecule has 18 heavy (non-hydrogen) atoms. The van der Waals surface area contributed by atoms with Crippen molar-refractivity contribution in [2.45, 2.75) is 0 Å². The van der Waals surface area contributed by atoms with E-state index in [4.69, 9.17) is 0 Å². The molecule has 0 aliphatic heterocycles. The van der Waals surface area contributed by atoms with Gasteiger partial charge in [0.05, 0.1) is 0 Å². The van der Waals surface area contributed by atoms with E-state index in [1.54, 1.807) is 0 Å². The highest BCUT2D eigenvalue weighted by Gasteiger charge is 2.09. The first-order chi connectivity index (χ1) is 8.63.